The number of nitro groups is 1. The zero-order valence-corrected chi connectivity index (χ0v) is 13.9. The van der Waals surface area contributed by atoms with E-state index in [2.05, 4.69) is 30.4 Å². The van der Waals surface area contributed by atoms with Crippen molar-refractivity contribution in [2.24, 2.45) is 0 Å². The summed E-state index contributed by atoms with van der Waals surface area (Å²) in [5.74, 6) is 0.796. The lowest BCUT2D eigenvalue weighted by Gasteiger charge is -2.30. The fourth-order valence-corrected chi connectivity index (χ4v) is 2.91. The molecule has 1 aliphatic heterocycles. The normalized spacial score (nSPS) is 18.1. The van der Waals surface area contributed by atoms with Crippen LogP contribution in [-0.4, -0.2) is 61.4 Å². The Hall–Kier alpha value is -3.18. The van der Waals surface area contributed by atoms with E-state index in [0.717, 1.165) is 19.6 Å². The Labute approximate surface area is 147 Å². The van der Waals surface area contributed by atoms with Crippen molar-refractivity contribution in [3.8, 4) is 17.1 Å². The zero-order valence-electron chi connectivity index (χ0n) is 13.9. The molecule has 0 bridgehead atoms. The lowest BCUT2D eigenvalue weighted by atomic mass is 10.1. The average Bonchev–Trinajstić information content (AvgIpc) is 3.34. The molecule has 1 fully saturated rings. The van der Waals surface area contributed by atoms with Crippen LogP contribution >= 0.6 is 0 Å². The van der Waals surface area contributed by atoms with Crippen LogP contribution < -0.4 is 5.32 Å². The first kappa shape index (κ1) is 16.3. The predicted octanol–water partition coefficient (Wildman–Crippen LogP) is 0.802. The van der Waals surface area contributed by atoms with Gasteiger partial charge in [-0.25, -0.2) is 9.67 Å². The third-order valence-electron chi connectivity index (χ3n) is 4.34. The molecule has 0 amide bonds. The van der Waals surface area contributed by atoms with Crippen LogP contribution in [0.25, 0.3) is 17.1 Å². The maximum atomic E-state index is 11.5. The zero-order chi connectivity index (χ0) is 18.1. The Balaban J connectivity index is 1.68. The summed E-state index contributed by atoms with van der Waals surface area (Å²) in [7, 11) is 2.00. The standard InChI is InChI=1S/C15H16N8O3/c1-21-5-4-16-7-13(21)14-19-15(26-20-14)10-2-3-11(12(6-10)23(24)25)22-9-17-8-18-22/h2-3,6,8-9,13,16H,4-5,7H2,1H3. The third-order valence-corrected chi connectivity index (χ3v) is 4.34. The fourth-order valence-electron chi connectivity index (χ4n) is 2.91. The van der Waals surface area contributed by atoms with Crippen molar-refractivity contribution >= 4 is 5.69 Å². The van der Waals surface area contributed by atoms with E-state index in [1.807, 2.05) is 7.05 Å². The topological polar surface area (TPSA) is 128 Å². The van der Waals surface area contributed by atoms with E-state index in [1.165, 1.54) is 23.4 Å². The second-order valence-electron chi connectivity index (χ2n) is 5.96. The smallest absolute Gasteiger partial charge is 0.295 e. The van der Waals surface area contributed by atoms with Crippen LogP contribution in [0.4, 0.5) is 5.69 Å². The summed E-state index contributed by atoms with van der Waals surface area (Å²) in [5.41, 5.74) is 0.669. The highest BCUT2D eigenvalue weighted by atomic mass is 16.6. The first-order valence-corrected chi connectivity index (χ1v) is 8.02. The van der Waals surface area contributed by atoms with E-state index in [-0.39, 0.29) is 17.6 Å². The van der Waals surface area contributed by atoms with Crippen molar-refractivity contribution in [3.05, 3.63) is 46.8 Å². The van der Waals surface area contributed by atoms with Crippen LogP contribution in [0.1, 0.15) is 11.9 Å². The van der Waals surface area contributed by atoms with Gasteiger partial charge in [-0.3, -0.25) is 15.0 Å². The molecule has 1 unspecified atom stereocenters. The number of nitrogens with zero attached hydrogens (tertiary/aromatic N) is 7. The molecule has 0 saturated carbocycles. The van der Waals surface area contributed by atoms with Gasteiger partial charge in [0.25, 0.3) is 11.6 Å². The number of nitro benzene ring substituents is 1. The van der Waals surface area contributed by atoms with E-state index < -0.39 is 4.92 Å². The second kappa shape index (κ2) is 6.61. The highest BCUT2D eigenvalue weighted by Gasteiger charge is 2.26. The summed E-state index contributed by atoms with van der Waals surface area (Å²) < 4.78 is 6.68. The SMILES string of the molecule is CN1CCNCC1c1noc(-c2ccc(-n3cncn3)c([N+](=O)[O-])c2)n1. The lowest BCUT2D eigenvalue weighted by molar-refractivity contribution is -0.384. The Morgan fingerprint density at radius 1 is 1.42 bits per heavy atom. The summed E-state index contributed by atoms with van der Waals surface area (Å²) in [6, 6.07) is 4.67. The van der Waals surface area contributed by atoms with Gasteiger partial charge in [0.1, 0.15) is 18.3 Å². The molecule has 1 saturated heterocycles. The summed E-state index contributed by atoms with van der Waals surface area (Å²) in [6.07, 6.45) is 2.72. The van der Waals surface area contributed by atoms with Gasteiger partial charge in [0, 0.05) is 31.3 Å². The number of piperazine rings is 1. The predicted molar refractivity (Wildman–Crippen MR) is 89.5 cm³/mol. The maximum absolute atomic E-state index is 11.5. The molecule has 134 valence electrons. The molecule has 1 aliphatic rings. The number of hydrogen-bond acceptors (Lipinski definition) is 9. The molecule has 1 aromatic carbocycles. The number of rotatable bonds is 4. The Morgan fingerprint density at radius 3 is 3.04 bits per heavy atom. The molecule has 0 spiro atoms. The summed E-state index contributed by atoms with van der Waals surface area (Å²) in [4.78, 5) is 21.4. The van der Waals surface area contributed by atoms with Gasteiger partial charge in [-0.15, -0.1) is 0 Å². The van der Waals surface area contributed by atoms with E-state index in [0.29, 0.717) is 17.1 Å². The van der Waals surface area contributed by atoms with Crippen molar-refractivity contribution in [2.75, 3.05) is 26.7 Å². The molecule has 11 heteroatoms. The molecule has 11 nitrogen and oxygen atoms in total. The molecule has 1 atom stereocenters. The summed E-state index contributed by atoms with van der Waals surface area (Å²) in [6.45, 7) is 2.52. The van der Waals surface area contributed by atoms with Gasteiger partial charge in [0.15, 0.2) is 5.82 Å². The van der Waals surface area contributed by atoms with Crippen LogP contribution in [0.3, 0.4) is 0 Å². The molecular weight excluding hydrogens is 340 g/mol. The first-order chi connectivity index (χ1) is 12.6. The number of aromatic nitrogens is 5. The number of benzene rings is 1. The van der Waals surface area contributed by atoms with Gasteiger partial charge in [0.05, 0.1) is 11.0 Å². The lowest BCUT2D eigenvalue weighted by Crippen LogP contribution is -2.44. The van der Waals surface area contributed by atoms with Crippen molar-refractivity contribution in [2.45, 2.75) is 6.04 Å². The van der Waals surface area contributed by atoms with Gasteiger partial charge in [0.2, 0.25) is 0 Å². The minimum absolute atomic E-state index is 0.00524. The van der Waals surface area contributed by atoms with E-state index >= 15 is 0 Å². The quantitative estimate of drug-likeness (QED) is 0.533. The molecule has 0 aliphatic carbocycles. The summed E-state index contributed by atoms with van der Waals surface area (Å²) >= 11 is 0. The minimum Gasteiger partial charge on any atom is -0.334 e. The fraction of sp³-hybridized carbons (Fsp3) is 0.333. The molecule has 2 aromatic heterocycles. The van der Waals surface area contributed by atoms with Crippen molar-refractivity contribution in [1.29, 1.82) is 0 Å². The number of likely N-dealkylation sites (N-methyl/N-ethyl adjacent to an activating group) is 1. The van der Waals surface area contributed by atoms with Crippen LogP contribution in [0.5, 0.6) is 0 Å². The maximum Gasteiger partial charge on any atom is 0.295 e. The van der Waals surface area contributed by atoms with Gasteiger partial charge in [-0.2, -0.15) is 10.1 Å². The number of hydrogen-bond donors (Lipinski definition) is 1. The van der Waals surface area contributed by atoms with Crippen LogP contribution in [0.2, 0.25) is 0 Å². The monoisotopic (exact) mass is 356 g/mol. The second-order valence-corrected chi connectivity index (χ2v) is 5.96. The van der Waals surface area contributed by atoms with Crippen LogP contribution in [-0.2, 0) is 0 Å². The van der Waals surface area contributed by atoms with E-state index in [9.17, 15) is 10.1 Å². The summed E-state index contributed by atoms with van der Waals surface area (Å²) in [5, 5.41) is 22.7. The molecule has 4 rings (SSSR count). The largest absolute Gasteiger partial charge is 0.334 e. The molecular formula is C15H16N8O3. The Kier molecular flexibility index (Phi) is 4.14. The average molecular weight is 356 g/mol. The minimum atomic E-state index is -0.476. The van der Waals surface area contributed by atoms with Gasteiger partial charge < -0.3 is 9.84 Å². The molecule has 3 heterocycles. The Morgan fingerprint density at radius 2 is 2.31 bits per heavy atom. The Bertz CT molecular complexity index is 923. The third kappa shape index (κ3) is 2.93. The highest BCUT2D eigenvalue weighted by molar-refractivity contribution is 5.64. The van der Waals surface area contributed by atoms with Crippen molar-refractivity contribution < 1.29 is 9.45 Å². The molecule has 3 aromatic rings. The van der Waals surface area contributed by atoms with Crippen LogP contribution in [0, 0.1) is 10.1 Å². The van der Waals surface area contributed by atoms with Crippen LogP contribution in [0.15, 0.2) is 35.4 Å². The van der Waals surface area contributed by atoms with Crippen molar-refractivity contribution in [3.63, 3.8) is 0 Å². The number of nitrogens with one attached hydrogen (secondary N) is 1. The molecule has 1 N–H and O–H groups in total. The van der Waals surface area contributed by atoms with Crippen molar-refractivity contribution in [1.82, 2.24) is 35.1 Å². The van der Waals surface area contributed by atoms with Gasteiger partial charge in [-0.1, -0.05) is 5.16 Å². The van der Waals surface area contributed by atoms with Gasteiger partial charge in [-0.05, 0) is 19.2 Å². The molecule has 26 heavy (non-hydrogen) atoms. The van der Waals surface area contributed by atoms with E-state index in [1.54, 1.807) is 12.1 Å². The first-order valence-electron chi connectivity index (χ1n) is 8.02. The van der Waals surface area contributed by atoms with E-state index in [4.69, 9.17) is 4.52 Å². The molecule has 0 radical (unpaired) electrons. The van der Waals surface area contributed by atoms with Gasteiger partial charge >= 0.3 is 0 Å². The highest BCUT2D eigenvalue weighted by Crippen LogP contribution is 2.29.